The minimum atomic E-state index is -3.61. The number of rotatable bonds is 9. The number of sulfonamides is 1. The highest BCUT2D eigenvalue weighted by atomic mass is 32.2. The molecule has 1 aromatic rings. The zero-order chi connectivity index (χ0) is 16.0. The molecule has 7 nitrogen and oxygen atoms in total. The maximum absolute atomic E-state index is 12.5. The van der Waals surface area contributed by atoms with Crippen LogP contribution < -0.4 is 10.0 Å². The molecule has 1 aromatic heterocycles. The standard InChI is InChI=1S/C13H27N5O2S/c1-6-18(7-2)9-10(3)17-21(19,20)13-12(8-14-5)11(4)15-16-13/h10,14,17H,6-9H2,1-5H3,(H,15,16). The Balaban J connectivity index is 2.86. The molecular formula is C13H27N5O2S. The number of nitrogens with one attached hydrogen (secondary N) is 3. The number of aromatic amines is 1. The second-order valence-corrected chi connectivity index (χ2v) is 6.80. The van der Waals surface area contributed by atoms with Gasteiger partial charge in [-0.05, 0) is 34.0 Å². The molecule has 8 heteroatoms. The molecule has 122 valence electrons. The third-order valence-electron chi connectivity index (χ3n) is 3.43. The highest BCUT2D eigenvalue weighted by Gasteiger charge is 2.25. The van der Waals surface area contributed by atoms with Crippen molar-refractivity contribution < 1.29 is 8.42 Å². The van der Waals surface area contributed by atoms with Gasteiger partial charge in [0.1, 0.15) is 0 Å². The Bertz CT molecular complexity index is 537. The van der Waals surface area contributed by atoms with Crippen LogP contribution in [0, 0.1) is 6.92 Å². The maximum atomic E-state index is 12.5. The van der Waals surface area contributed by atoms with Crippen LogP contribution in [-0.4, -0.2) is 56.2 Å². The molecule has 0 saturated heterocycles. The molecule has 0 aliphatic carbocycles. The van der Waals surface area contributed by atoms with E-state index in [4.69, 9.17) is 0 Å². The Morgan fingerprint density at radius 3 is 2.48 bits per heavy atom. The quantitative estimate of drug-likeness (QED) is 0.615. The van der Waals surface area contributed by atoms with Crippen molar-refractivity contribution in [1.82, 2.24) is 25.1 Å². The molecule has 21 heavy (non-hydrogen) atoms. The Hall–Kier alpha value is -0.960. The van der Waals surface area contributed by atoms with E-state index in [0.717, 1.165) is 18.8 Å². The van der Waals surface area contributed by atoms with Crippen molar-refractivity contribution in [3.05, 3.63) is 11.3 Å². The lowest BCUT2D eigenvalue weighted by Crippen LogP contribution is -2.42. The molecule has 0 bridgehead atoms. The Kier molecular flexibility index (Phi) is 6.79. The van der Waals surface area contributed by atoms with Gasteiger partial charge in [-0.3, -0.25) is 5.10 Å². The second kappa shape index (κ2) is 7.88. The van der Waals surface area contributed by atoms with Crippen LogP contribution in [0.5, 0.6) is 0 Å². The normalized spacial score (nSPS) is 13.8. The first kappa shape index (κ1) is 18.1. The van der Waals surface area contributed by atoms with Crippen molar-refractivity contribution in [2.45, 2.75) is 45.3 Å². The van der Waals surface area contributed by atoms with Gasteiger partial charge in [-0.1, -0.05) is 13.8 Å². The highest BCUT2D eigenvalue weighted by molar-refractivity contribution is 7.89. The van der Waals surface area contributed by atoms with Crippen LogP contribution in [0.2, 0.25) is 0 Å². The predicted molar refractivity (Wildman–Crippen MR) is 83.7 cm³/mol. The number of aromatic nitrogens is 2. The number of hydrogen-bond acceptors (Lipinski definition) is 5. The molecule has 1 unspecified atom stereocenters. The predicted octanol–water partition coefficient (Wildman–Crippen LogP) is 0.446. The number of aryl methyl sites for hydroxylation is 1. The monoisotopic (exact) mass is 317 g/mol. The van der Waals surface area contributed by atoms with Crippen molar-refractivity contribution in [3.8, 4) is 0 Å². The Labute approximate surface area is 127 Å². The molecule has 0 amide bonds. The van der Waals surface area contributed by atoms with Gasteiger partial charge in [-0.2, -0.15) is 5.10 Å². The van der Waals surface area contributed by atoms with Crippen molar-refractivity contribution in [1.29, 1.82) is 0 Å². The SMILES string of the molecule is CCN(CC)CC(C)NS(=O)(=O)c1n[nH]c(C)c1CNC. The fourth-order valence-electron chi connectivity index (χ4n) is 2.26. The van der Waals surface area contributed by atoms with Crippen molar-refractivity contribution in [3.63, 3.8) is 0 Å². The summed E-state index contributed by atoms with van der Waals surface area (Å²) in [5.41, 5.74) is 1.45. The van der Waals surface area contributed by atoms with E-state index in [1.165, 1.54) is 0 Å². The van der Waals surface area contributed by atoms with Gasteiger partial charge in [-0.25, -0.2) is 13.1 Å². The molecule has 0 fully saturated rings. The highest BCUT2D eigenvalue weighted by Crippen LogP contribution is 2.16. The van der Waals surface area contributed by atoms with Crippen LogP contribution in [-0.2, 0) is 16.6 Å². The zero-order valence-corrected chi connectivity index (χ0v) is 14.3. The summed E-state index contributed by atoms with van der Waals surface area (Å²) < 4.78 is 27.6. The first-order chi connectivity index (χ1) is 9.85. The van der Waals surface area contributed by atoms with Crippen LogP contribution in [0.15, 0.2) is 5.03 Å². The van der Waals surface area contributed by atoms with Crippen LogP contribution in [0.25, 0.3) is 0 Å². The summed E-state index contributed by atoms with van der Waals surface area (Å²) in [6, 6.07) is -0.172. The lowest BCUT2D eigenvalue weighted by atomic mass is 10.3. The minimum Gasteiger partial charge on any atom is -0.316 e. The van der Waals surface area contributed by atoms with E-state index < -0.39 is 10.0 Å². The van der Waals surface area contributed by atoms with Crippen molar-refractivity contribution >= 4 is 10.0 Å². The number of likely N-dealkylation sites (N-methyl/N-ethyl adjacent to an activating group) is 1. The summed E-state index contributed by atoms with van der Waals surface area (Å²) in [5, 5.41) is 9.75. The average Bonchev–Trinajstić information content (AvgIpc) is 2.78. The fourth-order valence-corrected chi connectivity index (χ4v) is 3.70. The molecule has 0 spiro atoms. The molecule has 0 aliphatic heterocycles. The van der Waals surface area contributed by atoms with Crippen LogP contribution >= 0.6 is 0 Å². The lowest BCUT2D eigenvalue weighted by Gasteiger charge is -2.23. The van der Waals surface area contributed by atoms with Crippen LogP contribution in [0.3, 0.4) is 0 Å². The number of hydrogen-bond donors (Lipinski definition) is 3. The van der Waals surface area contributed by atoms with Gasteiger partial charge in [-0.15, -0.1) is 0 Å². The molecule has 1 atom stereocenters. The molecule has 0 radical (unpaired) electrons. The molecule has 3 N–H and O–H groups in total. The molecule has 1 heterocycles. The summed E-state index contributed by atoms with van der Waals surface area (Å²) in [4.78, 5) is 2.18. The smallest absolute Gasteiger partial charge is 0.260 e. The first-order valence-corrected chi connectivity index (χ1v) is 8.77. The molecule has 0 aromatic carbocycles. The topological polar surface area (TPSA) is 90.1 Å². The summed E-state index contributed by atoms with van der Waals surface area (Å²) in [7, 11) is -1.84. The number of H-pyrrole nitrogens is 1. The maximum Gasteiger partial charge on any atom is 0.260 e. The van der Waals surface area contributed by atoms with E-state index in [1.807, 2.05) is 13.8 Å². The van der Waals surface area contributed by atoms with Gasteiger partial charge >= 0.3 is 0 Å². The zero-order valence-electron chi connectivity index (χ0n) is 13.5. The molecule has 1 rings (SSSR count). The van der Waals surface area contributed by atoms with E-state index >= 15 is 0 Å². The van der Waals surface area contributed by atoms with Gasteiger partial charge in [0.25, 0.3) is 10.0 Å². The van der Waals surface area contributed by atoms with E-state index in [-0.39, 0.29) is 11.1 Å². The summed E-state index contributed by atoms with van der Waals surface area (Å²) >= 11 is 0. The summed E-state index contributed by atoms with van der Waals surface area (Å²) in [5.74, 6) is 0. The average molecular weight is 317 g/mol. The summed E-state index contributed by atoms with van der Waals surface area (Å²) in [6.45, 7) is 10.7. The molecular weight excluding hydrogens is 290 g/mol. The summed E-state index contributed by atoms with van der Waals surface area (Å²) in [6.07, 6.45) is 0. The van der Waals surface area contributed by atoms with E-state index in [9.17, 15) is 8.42 Å². The first-order valence-electron chi connectivity index (χ1n) is 7.28. The minimum absolute atomic E-state index is 0.0840. The van der Waals surface area contributed by atoms with E-state index in [1.54, 1.807) is 7.05 Å². The second-order valence-electron chi connectivity index (χ2n) is 5.17. The molecule has 0 aliphatic rings. The van der Waals surface area contributed by atoms with Gasteiger partial charge in [0.05, 0.1) is 0 Å². The lowest BCUT2D eigenvalue weighted by molar-refractivity contribution is 0.282. The largest absolute Gasteiger partial charge is 0.316 e. The van der Waals surface area contributed by atoms with Crippen LogP contribution in [0.4, 0.5) is 0 Å². The van der Waals surface area contributed by atoms with Gasteiger partial charge < -0.3 is 10.2 Å². The Morgan fingerprint density at radius 2 is 1.95 bits per heavy atom. The van der Waals surface area contributed by atoms with Crippen molar-refractivity contribution in [2.24, 2.45) is 0 Å². The third-order valence-corrected chi connectivity index (χ3v) is 4.99. The third kappa shape index (κ3) is 4.77. The Morgan fingerprint density at radius 1 is 1.33 bits per heavy atom. The van der Waals surface area contributed by atoms with Gasteiger partial charge in [0.15, 0.2) is 5.03 Å². The van der Waals surface area contributed by atoms with E-state index in [2.05, 4.69) is 39.0 Å². The van der Waals surface area contributed by atoms with Gasteiger partial charge in [0, 0.05) is 30.4 Å². The van der Waals surface area contributed by atoms with E-state index in [0.29, 0.717) is 18.7 Å². The fraction of sp³-hybridized carbons (Fsp3) is 0.769. The molecule has 0 saturated carbocycles. The van der Waals surface area contributed by atoms with Gasteiger partial charge in [0.2, 0.25) is 0 Å². The van der Waals surface area contributed by atoms with Crippen LogP contribution in [0.1, 0.15) is 32.0 Å². The van der Waals surface area contributed by atoms with Crippen molar-refractivity contribution in [2.75, 3.05) is 26.7 Å². The number of nitrogens with zero attached hydrogens (tertiary/aromatic N) is 2.